The third kappa shape index (κ3) is 4.89. The van der Waals surface area contributed by atoms with Gasteiger partial charge in [0.05, 0.1) is 12.7 Å². The quantitative estimate of drug-likeness (QED) is 0.372. The van der Waals surface area contributed by atoms with E-state index in [0.717, 1.165) is 15.9 Å². The van der Waals surface area contributed by atoms with E-state index in [-0.39, 0.29) is 12.6 Å². The number of nitrogens with one attached hydrogen (secondary N) is 1. The highest BCUT2D eigenvalue weighted by molar-refractivity contribution is 7.80. The zero-order valence-electron chi connectivity index (χ0n) is 16.3. The predicted octanol–water partition coefficient (Wildman–Crippen LogP) is 2.57. The predicted molar refractivity (Wildman–Crippen MR) is 116 cm³/mol. The fraction of sp³-hybridized carbons (Fsp3) is 0.130. The van der Waals surface area contributed by atoms with Crippen LogP contribution in [0.4, 0.5) is 0 Å². The molecule has 0 aliphatic carbocycles. The molecule has 1 N–H and O–H groups in total. The van der Waals surface area contributed by atoms with E-state index in [9.17, 15) is 9.59 Å². The first-order valence-electron chi connectivity index (χ1n) is 9.05. The Bertz CT molecular complexity index is 937. The molecule has 29 heavy (non-hydrogen) atoms. The molecule has 0 saturated carbocycles. The molecular formula is C23H22NO4P. The van der Waals surface area contributed by atoms with Crippen molar-refractivity contribution in [2.45, 2.75) is 0 Å². The number of amides is 1. The van der Waals surface area contributed by atoms with E-state index in [0.29, 0.717) is 11.1 Å². The number of methoxy groups -OCH3 is 2. The maximum Gasteiger partial charge on any atom is 0.338 e. The van der Waals surface area contributed by atoms with Crippen molar-refractivity contribution in [1.82, 2.24) is 5.32 Å². The maximum atomic E-state index is 12.5. The number of hydrogen-bond donors (Lipinski definition) is 1. The van der Waals surface area contributed by atoms with Crippen LogP contribution >= 0.6 is 7.92 Å². The number of benzene rings is 3. The van der Waals surface area contributed by atoms with Gasteiger partial charge in [0.1, 0.15) is 6.73 Å². The van der Waals surface area contributed by atoms with Gasteiger partial charge in [0.25, 0.3) is 5.91 Å². The number of rotatable bonds is 7. The minimum Gasteiger partial charge on any atom is -0.465 e. The third-order valence-corrected chi connectivity index (χ3v) is 6.79. The molecule has 0 radical (unpaired) electrons. The summed E-state index contributed by atoms with van der Waals surface area (Å²) in [5, 5.41) is 5.61. The lowest BCUT2D eigenvalue weighted by atomic mass is 10.1. The minimum atomic E-state index is -1.07. The summed E-state index contributed by atoms with van der Waals surface area (Å²) < 4.78 is 9.94. The SMILES string of the molecule is COCNC(=O)c1ccc(C(=O)OC)c(P(c2ccccc2)c2ccccc2)c1. The van der Waals surface area contributed by atoms with Crippen molar-refractivity contribution >= 4 is 35.7 Å². The van der Waals surface area contributed by atoms with Gasteiger partial charge in [-0.1, -0.05) is 60.7 Å². The number of hydrogen-bond acceptors (Lipinski definition) is 4. The van der Waals surface area contributed by atoms with Gasteiger partial charge in [0.15, 0.2) is 0 Å². The Kier molecular flexibility index (Phi) is 7.12. The summed E-state index contributed by atoms with van der Waals surface area (Å²) in [6, 6.07) is 25.0. The maximum absolute atomic E-state index is 12.5. The molecule has 6 heteroatoms. The van der Waals surface area contributed by atoms with Crippen molar-refractivity contribution in [2.75, 3.05) is 21.0 Å². The van der Waals surface area contributed by atoms with Crippen LogP contribution in [0.25, 0.3) is 0 Å². The van der Waals surface area contributed by atoms with Crippen LogP contribution in [0.1, 0.15) is 20.7 Å². The molecule has 0 bridgehead atoms. The van der Waals surface area contributed by atoms with Crippen LogP contribution in [0.3, 0.4) is 0 Å². The Morgan fingerprint density at radius 2 is 1.45 bits per heavy atom. The molecule has 0 fully saturated rings. The lowest BCUT2D eigenvalue weighted by molar-refractivity contribution is 0.0601. The van der Waals surface area contributed by atoms with Gasteiger partial charge in [-0.3, -0.25) is 4.79 Å². The molecule has 148 valence electrons. The van der Waals surface area contributed by atoms with E-state index in [1.807, 2.05) is 60.7 Å². The fourth-order valence-corrected chi connectivity index (χ4v) is 5.43. The average molecular weight is 407 g/mol. The molecule has 1 amide bonds. The molecule has 0 heterocycles. The number of ether oxygens (including phenoxy) is 2. The number of carbonyl (C=O) groups is 2. The molecule has 3 aromatic carbocycles. The fourth-order valence-electron chi connectivity index (χ4n) is 2.96. The van der Waals surface area contributed by atoms with E-state index in [4.69, 9.17) is 9.47 Å². The Morgan fingerprint density at radius 1 is 0.862 bits per heavy atom. The van der Waals surface area contributed by atoms with Gasteiger partial charge in [0.2, 0.25) is 0 Å². The highest BCUT2D eigenvalue weighted by atomic mass is 31.1. The molecule has 5 nitrogen and oxygen atoms in total. The highest BCUT2D eigenvalue weighted by Crippen LogP contribution is 2.34. The van der Waals surface area contributed by atoms with Crippen molar-refractivity contribution in [3.63, 3.8) is 0 Å². The van der Waals surface area contributed by atoms with E-state index in [2.05, 4.69) is 5.32 Å². The largest absolute Gasteiger partial charge is 0.465 e. The van der Waals surface area contributed by atoms with Crippen LogP contribution in [0.2, 0.25) is 0 Å². The van der Waals surface area contributed by atoms with Crippen LogP contribution in [-0.4, -0.2) is 32.8 Å². The monoisotopic (exact) mass is 407 g/mol. The van der Waals surface area contributed by atoms with E-state index < -0.39 is 13.9 Å². The molecule has 3 rings (SSSR count). The summed E-state index contributed by atoms with van der Waals surface area (Å²) in [6.07, 6.45) is 0. The molecule has 0 aliphatic heterocycles. The van der Waals surface area contributed by atoms with Gasteiger partial charge < -0.3 is 14.8 Å². The van der Waals surface area contributed by atoms with Gasteiger partial charge in [-0.15, -0.1) is 0 Å². The van der Waals surface area contributed by atoms with Crippen molar-refractivity contribution in [3.8, 4) is 0 Å². The van der Waals surface area contributed by atoms with Gasteiger partial charge in [0, 0.05) is 18.0 Å². The molecule has 0 atom stereocenters. The van der Waals surface area contributed by atoms with Gasteiger partial charge >= 0.3 is 5.97 Å². The molecule has 0 aliphatic rings. The summed E-state index contributed by atoms with van der Waals surface area (Å²) in [6.45, 7) is 0.110. The summed E-state index contributed by atoms with van der Waals surface area (Å²) in [5.74, 6) is -0.691. The first kappa shape index (κ1) is 20.7. The first-order valence-corrected chi connectivity index (χ1v) is 10.4. The van der Waals surface area contributed by atoms with Crippen molar-refractivity contribution in [3.05, 3.63) is 90.0 Å². The summed E-state index contributed by atoms with van der Waals surface area (Å²) >= 11 is 0. The Morgan fingerprint density at radius 3 is 1.97 bits per heavy atom. The minimum absolute atomic E-state index is 0.110. The van der Waals surface area contributed by atoms with Crippen LogP contribution in [0.15, 0.2) is 78.9 Å². The van der Waals surface area contributed by atoms with Gasteiger partial charge in [-0.2, -0.15) is 0 Å². The van der Waals surface area contributed by atoms with E-state index in [1.54, 1.807) is 18.2 Å². The summed E-state index contributed by atoms with van der Waals surface area (Å²) in [5.41, 5.74) is 0.915. The second-order valence-corrected chi connectivity index (χ2v) is 8.35. The van der Waals surface area contributed by atoms with Crippen LogP contribution in [-0.2, 0) is 9.47 Å². The van der Waals surface area contributed by atoms with Crippen LogP contribution < -0.4 is 21.2 Å². The van der Waals surface area contributed by atoms with Crippen LogP contribution in [0.5, 0.6) is 0 Å². The average Bonchev–Trinajstić information content (AvgIpc) is 2.78. The molecule has 3 aromatic rings. The normalized spacial score (nSPS) is 10.6. The van der Waals surface area contributed by atoms with Crippen LogP contribution in [0, 0.1) is 0 Å². The Balaban J connectivity index is 2.19. The Hall–Kier alpha value is -3.01. The highest BCUT2D eigenvalue weighted by Gasteiger charge is 2.24. The lowest BCUT2D eigenvalue weighted by Gasteiger charge is -2.22. The lowest BCUT2D eigenvalue weighted by Crippen LogP contribution is -2.29. The van der Waals surface area contributed by atoms with Crippen molar-refractivity contribution in [1.29, 1.82) is 0 Å². The molecule has 0 spiro atoms. The van der Waals surface area contributed by atoms with E-state index >= 15 is 0 Å². The van der Waals surface area contributed by atoms with E-state index in [1.165, 1.54) is 14.2 Å². The van der Waals surface area contributed by atoms with Crippen molar-refractivity contribution in [2.24, 2.45) is 0 Å². The smallest absolute Gasteiger partial charge is 0.338 e. The zero-order chi connectivity index (χ0) is 20.6. The third-order valence-electron chi connectivity index (χ3n) is 4.31. The van der Waals surface area contributed by atoms with Gasteiger partial charge in [-0.25, -0.2) is 4.79 Å². The van der Waals surface area contributed by atoms with Crippen molar-refractivity contribution < 1.29 is 19.1 Å². The molecular weight excluding hydrogens is 385 g/mol. The topological polar surface area (TPSA) is 64.6 Å². The Labute approximate surface area is 171 Å². The number of esters is 1. The second kappa shape index (κ2) is 9.97. The summed E-state index contributed by atoms with van der Waals surface area (Å²) in [4.78, 5) is 25.0. The molecule has 0 unspecified atom stereocenters. The second-order valence-electron chi connectivity index (χ2n) is 6.17. The molecule has 0 saturated heterocycles. The molecule has 0 aromatic heterocycles. The standard InChI is InChI=1S/C23H22NO4P/c1-27-16-24-22(25)17-13-14-20(23(26)28-2)21(15-17)29(18-9-5-3-6-10-18)19-11-7-4-8-12-19/h3-15H,16H2,1-2H3,(H,24,25). The number of carbonyl (C=O) groups excluding carboxylic acids is 2. The summed E-state index contributed by atoms with van der Waals surface area (Å²) in [7, 11) is 1.80. The van der Waals surface area contributed by atoms with Gasteiger partial charge in [-0.05, 0) is 36.7 Å². The first-order chi connectivity index (χ1) is 14.2. The zero-order valence-corrected chi connectivity index (χ0v) is 17.2.